The summed E-state index contributed by atoms with van der Waals surface area (Å²) in [6, 6.07) is 14.2. The van der Waals surface area contributed by atoms with Crippen molar-refractivity contribution in [2.24, 2.45) is 5.73 Å². The third-order valence-corrected chi connectivity index (χ3v) is 3.40. The topological polar surface area (TPSA) is 38.0 Å². The van der Waals surface area contributed by atoms with Crippen molar-refractivity contribution in [3.05, 3.63) is 64.4 Å². The van der Waals surface area contributed by atoms with Crippen molar-refractivity contribution in [3.8, 4) is 0 Å². The van der Waals surface area contributed by atoms with E-state index in [9.17, 15) is 4.39 Å². The maximum Gasteiger partial charge on any atom is 0.123 e. The van der Waals surface area contributed by atoms with Crippen LogP contribution in [0.3, 0.4) is 0 Å². The molecule has 0 radical (unpaired) electrons. The van der Waals surface area contributed by atoms with Gasteiger partial charge in [-0.25, -0.2) is 4.39 Å². The number of hydrogen-bond acceptors (Lipinski definition) is 2. The second-order valence-corrected chi connectivity index (χ2v) is 4.82. The molecule has 0 aromatic heterocycles. The zero-order chi connectivity index (χ0) is 13.0. The normalized spacial score (nSPS) is 12.2. The van der Waals surface area contributed by atoms with Crippen LogP contribution in [0, 0.1) is 5.82 Å². The fourth-order valence-corrected chi connectivity index (χ4v) is 2.14. The van der Waals surface area contributed by atoms with Gasteiger partial charge in [-0.2, -0.15) is 0 Å². The number of benzene rings is 2. The van der Waals surface area contributed by atoms with Crippen LogP contribution in [0.2, 0.25) is 0 Å². The lowest BCUT2D eigenvalue weighted by Crippen LogP contribution is -2.20. The quantitative estimate of drug-likeness (QED) is 0.904. The molecule has 0 aliphatic carbocycles. The van der Waals surface area contributed by atoms with Crippen LogP contribution >= 0.6 is 15.9 Å². The summed E-state index contributed by atoms with van der Waals surface area (Å²) >= 11 is 3.47. The van der Waals surface area contributed by atoms with Crippen molar-refractivity contribution in [1.82, 2.24) is 0 Å². The Kier molecular flexibility index (Phi) is 4.33. The van der Waals surface area contributed by atoms with Crippen LogP contribution < -0.4 is 11.1 Å². The fraction of sp³-hybridized carbons (Fsp3) is 0.143. The second-order valence-electron chi connectivity index (χ2n) is 3.96. The highest BCUT2D eigenvalue weighted by molar-refractivity contribution is 9.10. The Morgan fingerprint density at radius 3 is 2.39 bits per heavy atom. The zero-order valence-corrected chi connectivity index (χ0v) is 11.3. The first kappa shape index (κ1) is 13.1. The molecule has 2 aromatic carbocycles. The molecule has 3 N–H and O–H groups in total. The van der Waals surface area contributed by atoms with E-state index < -0.39 is 0 Å². The molecule has 2 rings (SSSR count). The number of nitrogens with two attached hydrogens (primary N) is 1. The highest BCUT2D eigenvalue weighted by Crippen LogP contribution is 2.26. The number of hydrogen-bond donors (Lipinski definition) is 2. The largest absolute Gasteiger partial charge is 0.376 e. The average molecular weight is 309 g/mol. The van der Waals surface area contributed by atoms with Gasteiger partial charge in [-0.05, 0) is 45.8 Å². The SMILES string of the molecule is NCC(Nc1ccccc1Br)c1ccc(F)cc1. The Hall–Kier alpha value is -1.39. The predicted molar refractivity (Wildman–Crippen MR) is 76.0 cm³/mol. The molecule has 0 saturated heterocycles. The summed E-state index contributed by atoms with van der Waals surface area (Å²) in [5.41, 5.74) is 7.71. The highest BCUT2D eigenvalue weighted by atomic mass is 79.9. The van der Waals surface area contributed by atoms with E-state index in [2.05, 4.69) is 21.2 Å². The molecule has 2 nitrogen and oxygen atoms in total. The van der Waals surface area contributed by atoms with E-state index in [0.29, 0.717) is 6.54 Å². The molecule has 18 heavy (non-hydrogen) atoms. The Morgan fingerprint density at radius 2 is 1.78 bits per heavy atom. The minimum Gasteiger partial charge on any atom is -0.376 e. The van der Waals surface area contributed by atoms with Crippen LogP contribution in [0.4, 0.5) is 10.1 Å². The standard InChI is InChI=1S/C14H14BrFN2/c15-12-3-1-2-4-13(12)18-14(9-17)10-5-7-11(16)8-6-10/h1-8,14,18H,9,17H2. The molecule has 1 unspecified atom stereocenters. The first-order valence-electron chi connectivity index (χ1n) is 5.67. The van der Waals surface area contributed by atoms with Crippen LogP contribution in [0.5, 0.6) is 0 Å². The van der Waals surface area contributed by atoms with E-state index in [1.807, 2.05) is 24.3 Å². The van der Waals surface area contributed by atoms with Crippen LogP contribution in [0.15, 0.2) is 53.0 Å². The van der Waals surface area contributed by atoms with Gasteiger partial charge < -0.3 is 11.1 Å². The Bertz CT molecular complexity index is 513. The Labute approximate surface area is 114 Å². The van der Waals surface area contributed by atoms with E-state index in [-0.39, 0.29) is 11.9 Å². The van der Waals surface area contributed by atoms with Gasteiger partial charge >= 0.3 is 0 Å². The lowest BCUT2D eigenvalue weighted by molar-refractivity contribution is 0.626. The predicted octanol–water partition coefficient (Wildman–Crippen LogP) is 3.70. The molecule has 0 fully saturated rings. The molecule has 0 amide bonds. The summed E-state index contributed by atoms with van der Waals surface area (Å²) in [5.74, 6) is -0.240. The third-order valence-electron chi connectivity index (χ3n) is 2.71. The first-order valence-corrected chi connectivity index (χ1v) is 6.46. The van der Waals surface area contributed by atoms with E-state index in [1.165, 1.54) is 12.1 Å². The van der Waals surface area contributed by atoms with Crippen molar-refractivity contribution >= 4 is 21.6 Å². The molecule has 4 heteroatoms. The first-order chi connectivity index (χ1) is 8.70. The number of nitrogens with one attached hydrogen (secondary N) is 1. The van der Waals surface area contributed by atoms with Gasteiger partial charge in [0.1, 0.15) is 5.82 Å². The van der Waals surface area contributed by atoms with E-state index >= 15 is 0 Å². The Balaban J connectivity index is 2.20. The van der Waals surface area contributed by atoms with Crippen molar-refractivity contribution in [2.45, 2.75) is 6.04 Å². The molecule has 0 bridgehead atoms. The smallest absolute Gasteiger partial charge is 0.123 e. The monoisotopic (exact) mass is 308 g/mol. The molecule has 0 spiro atoms. The number of para-hydroxylation sites is 1. The average Bonchev–Trinajstić information content (AvgIpc) is 2.39. The molecule has 94 valence electrons. The molecular formula is C14H14BrFN2. The maximum absolute atomic E-state index is 12.9. The van der Waals surface area contributed by atoms with Crippen LogP contribution in [-0.2, 0) is 0 Å². The zero-order valence-electron chi connectivity index (χ0n) is 9.74. The summed E-state index contributed by atoms with van der Waals surface area (Å²) in [6.07, 6.45) is 0. The molecule has 0 saturated carbocycles. The summed E-state index contributed by atoms with van der Waals surface area (Å²) in [7, 11) is 0. The lowest BCUT2D eigenvalue weighted by atomic mass is 10.1. The maximum atomic E-state index is 12.9. The van der Waals surface area contributed by atoms with Crippen LogP contribution in [0.1, 0.15) is 11.6 Å². The summed E-state index contributed by atoms with van der Waals surface area (Å²) in [4.78, 5) is 0. The van der Waals surface area contributed by atoms with Crippen molar-refractivity contribution < 1.29 is 4.39 Å². The highest BCUT2D eigenvalue weighted by Gasteiger charge is 2.10. The molecular weight excluding hydrogens is 295 g/mol. The molecule has 0 aliphatic heterocycles. The van der Waals surface area contributed by atoms with E-state index in [0.717, 1.165) is 15.7 Å². The Morgan fingerprint density at radius 1 is 1.11 bits per heavy atom. The van der Waals surface area contributed by atoms with Gasteiger partial charge in [-0.1, -0.05) is 24.3 Å². The van der Waals surface area contributed by atoms with Crippen LogP contribution in [0.25, 0.3) is 0 Å². The summed E-state index contributed by atoms with van der Waals surface area (Å²) in [6.45, 7) is 0.437. The minimum atomic E-state index is -0.240. The molecule has 1 atom stereocenters. The number of halogens is 2. The van der Waals surface area contributed by atoms with Crippen molar-refractivity contribution in [1.29, 1.82) is 0 Å². The van der Waals surface area contributed by atoms with Gasteiger partial charge in [0.05, 0.1) is 6.04 Å². The number of anilines is 1. The molecule has 0 heterocycles. The van der Waals surface area contributed by atoms with Gasteiger partial charge in [-0.15, -0.1) is 0 Å². The minimum absolute atomic E-state index is 0.0377. The molecule has 2 aromatic rings. The lowest BCUT2D eigenvalue weighted by Gasteiger charge is -2.19. The van der Waals surface area contributed by atoms with Gasteiger partial charge in [-0.3, -0.25) is 0 Å². The van der Waals surface area contributed by atoms with E-state index in [4.69, 9.17) is 5.73 Å². The fourth-order valence-electron chi connectivity index (χ4n) is 1.74. The van der Waals surface area contributed by atoms with Crippen LogP contribution in [-0.4, -0.2) is 6.54 Å². The summed E-state index contributed by atoms with van der Waals surface area (Å²) in [5, 5.41) is 3.34. The van der Waals surface area contributed by atoms with Crippen molar-refractivity contribution in [3.63, 3.8) is 0 Å². The second kappa shape index (κ2) is 5.98. The van der Waals surface area contributed by atoms with E-state index in [1.54, 1.807) is 12.1 Å². The van der Waals surface area contributed by atoms with Gasteiger partial charge in [0, 0.05) is 16.7 Å². The van der Waals surface area contributed by atoms with Gasteiger partial charge in [0.2, 0.25) is 0 Å². The van der Waals surface area contributed by atoms with Crippen molar-refractivity contribution in [2.75, 3.05) is 11.9 Å². The summed E-state index contributed by atoms with van der Waals surface area (Å²) < 4.78 is 13.9. The van der Waals surface area contributed by atoms with Gasteiger partial charge in [0.15, 0.2) is 0 Å². The number of rotatable bonds is 4. The molecule has 0 aliphatic rings. The third kappa shape index (κ3) is 3.09. The van der Waals surface area contributed by atoms with Gasteiger partial charge in [0.25, 0.3) is 0 Å².